The summed E-state index contributed by atoms with van der Waals surface area (Å²) in [5.41, 5.74) is 2.27. The summed E-state index contributed by atoms with van der Waals surface area (Å²) in [6, 6.07) is 8.74. The van der Waals surface area contributed by atoms with E-state index in [0.29, 0.717) is 12.2 Å². The number of unbranched alkanes of at least 4 members (excludes halogenated alkanes) is 12. The molecule has 0 aliphatic carbocycles. The Bertz CT molecular complexity index is 864. The van der Waals surface area contributed by atoms with E-state index in [0.717, 1.165) is 24.2 Å². The molecule has 2 rings (SSSR count). The summed E-state index contributed by atoms with van der Waals surface area (Å²) < 4.78 is 8.62. The molecule has 1 aromatic heterocycles. The van der Waals surface area contributed by atoms with Crippen molar-refractivity contribution in [2.24, 2.45) is 7.05 Å². The summed E-state index contributed by atoms with van der Waals surface area (Å²) in [4.78, 5) is 24.4. The van der Waals surface area contributed by atoms with Gasteiger partial charge in [0.05, 0.1) is 17.9 Å². The molecule has 0 atom stereocenters. The van der Waals surface area contributed by atoms with Crippen LogP contribution in [-0.4, -0.2) is 21.9 Å². The number of esters is 1. The summed E-state index contributed by atoms with van der Waals surface area (Å²) in [5.74, 6) is -0.341. The van der Waals surface area contributed by atoms with E-state index < -0.39 is 0 Å². The monoisotopic (exact) mass is 456 g/mol. The second-order valence-electron chi connectivity index (χ2n) is 9.07. The van der Waals surface area contributed by atoms with E-state index in [9.17, 15) is 9.59 Å². The number of aromatic nitrogens is 2. The summed E-state index contributed by atoms with van der Waals surface area (Å²) in [6.45, 7) is 4.40. The molecule has 0 spiro atoms. The van der Waals surface area contributed by atoms with E-state index in [2.05, 4.69) is 6.92 Å². The molecule has 5 nitrogen and oxygen atoms in total. The van der Waals surface area contributed by atoms with Crippen LogP contribution < -0.4 is 5.56 Å². The predicted molar refractivity (Wildman–Crippen MR) is 136 cm³/mol. The molecule has 0 unspecified atom stereocenters. The van der Waals surface area contributed by atoms with E-state index in [1.807, 2.05) is 11.7 Å². The van der Waals surface area contributed by atoms with E-state index >= 15 is 0 Å². The van der Waals surface area contributed by atoms with Crippen LogP contribution >= 0.6 is 0 Å². The number of nitrogens with zero attached hydrogens (tertiary/aromatic N) is 2. The molecule has 0 amide bonds. The lowest BCUT2D eigenvalue weighted by molar-refractivity contribution is 0.0526. The Morgan fingerprint density at radius 1 is 0.788 bits per heavy atom. The van der Waals surface area contributed by atoms with Gasteiger partial charge in [-0.05, 0) is 44.0 Å². The Hall–Kier alpha value is -2.30. The normalized spacial score (nSPS) is 11.1. The zero-order valence-corrected chi connectivity index (χ0v) is 21.1. The van der Waals surface area contributed by atoms with Crippen LogP contribution in [0.1, 0.15) is 113 Å². The predicted octanol–water partition coefficient (Wildman–Crippen LogP) is 6.99. The van der Waals surface area contributed by atoms with Crippen LogP contribution in [0.4, 0.5) is 0 Å². The SMILES string of the molecule is CCCCCCCCCCCCCCCc1cc(=O)n(-c2ccc(C(=O)OCC)cc2)n1C. The molecule has 0 radical (unpaired) electrons. The summed E-state index contributed by atoms with van der Waals surface area (Å²) in [7, 11) is 1.93. The van der Waals surface area contributed by atoms with E-state index in [1.165, 1.54) is 77.0 Å². The molecule has 0 N–H and O–H groups in total. The van der Waals surface area contributed by atoms with Crippen molar-refractivity contribution >= 4 is 5.97 Å². The molecular formula is C28H44N2O3. The van der Waals surface area contributed by atoms with Crippen molar-refractivity contribution in [2.45, 2.75) is 104 Å². The fourth-order valence-corrected chi connectivity index (χ4v) is 4.38. The first-order valence-electron chi connectivity index (χ1n) is 13.1. The first kappa shape index (κ1) is 26.9. The molecular weight excluding hydrogens is 412 g/mol. The van der Waals surface area contributed by atoms with Gasteiger partial charge < -0.3 is 4.74 Å². The third-order valence-electron chi connectivity index (χ3n) is 6.37. The van der Waals surface area contributed by atoms with Gasteiger partial charge in [0.15, 0.2) is 0 Å². The number of carbonyl (C=O) groups excluding carboxylic acids is 1. The van der Waals surface area contributed by atoms with E-state index in [4.69, 9.17) is 4.74 Å². The number of ether oxygens (including phenoxy) is 1. The molecule has 33 heavy (non-hydrogen) atoms. The van der Waals surface area contributed by atoms with Crippen molar-refractivity contribution in [3.05, 3.63) is 51.9 Å². The topological polar surface area (TPSA) is 53.2 Å². The summed E-state index contributed by atoms with van der Waals surface area (Å²) in [5, 5.41) is 0. The van der Waals surface area contributed by atoms with Gasteiger partial charge >= 0.3 is 5.97 Å². The van der Waals surface area contributed by atoms with Crippen molar-refractivity contribution in [2.75, 3.05) is 6.61 Å². The Morgan fingerprint density at radius 3 is 1.82 bits per heavy atom. The zero-order chi connectivity index (χ0) is 23.9. The molecule has 0 aliphatic heterocycles. The summed E-state index contributed by atoms with van der Waals surface area (Å²) in [6.07, 6.45) is 18.3. The second kappa shape index (κ2) is 15.5. The highest BCUT2D eigenvalue weighted by atomic mass is 16.5. The molecule has 2 aromatic rings. The van der Waals surface area contributed by atoms with E-state index in [-0.39, 0.29) is 11.5 Å². The van der Waals surface area contributed by atoms with Crippen LogP contribution in [0.5, 0.6) is 0 Å². The minimum Gasteiger partial charge on any atom is -0.462 e. The number of hydrogen-bond donors (Lipinski definition) is 0. The van der Waals surface area contributed by atoms with E-state index in [1.54, 1.807) is 41.9 Å². The highest BCUT2D eigenvalue weighted by Crippen LogP contribution is 2.15. The van der Waals surface area contributed by atoms with Crippen LogP contribution in [0.15, 0.2) is 35.1 Å². The van der Waals surface area contributed by atoms with Gasteiger partial charge in [0.25, 0.3) is 5.56 Å². The van der Waals surface area contributed by atoms with Crippen LogP contribution in [-0.2, 0) is 18.2 Å². The summed E-state index contributed by atoms with van der Waals surface area (Å²) >= 11 is 0. The highest BCUT2D eigenvalue weighted by Gasteiger charge is 2.11. The maximum absolute atomic E-state index is 12.6. The van der Waals surface area contributed by atoms with Crippen molar-refractivity contribution in [3.8, 4) is 5.69 Å². The third-order valence-corrected chi connectivity index (χ3v) is 6.37. The number of rotatable bonds is 17. The minimum atomic E-state index is -0.341. The number of aryl methyl sites for hydroxylation is 1. The maximum Gasteiger partial charge on any atom is 0.338 e. The van der Waals surface area contributed by atoms with Crippen molar-refractivity contribution < 1.29 is 9.53 Å². The highest BCUT2D eigenvalue weighted by molar-refractivity contribution is 5.89. The minimum absolute atomic E-state index is 0.0360. The van der Waals surface area contributed by atoms with Gasteiger partial charge in [0.2, 0.25) is 0 Å². The van der Waals surface area contributed by atoms with Gasteiger partial charge in [-0.25, -0.2) is 9.48 Å². The average Bonchev–Trinajstić information content (AvgIpc) is 3.10. The lowest BCUT2D eigenvalue weighted by Gasteiger charge is -2.11. The molecule has 0 aliphatic rings. The fourth-order valence-electron chi connectivity index (χ4n) is 4.38. The Balaban J connectivity index is 1.68. The quantitative estimate of drug-likeness (QED) is 0.190. The zero-order valence-electron chi connectivity index (χ0n) is 21.1. The second-order valence-corrected chi connectivity index (χ2v) is 9.07. The van der Waals surface area contributed by atoms with Gasteiger partial charge in [0.1, 0.15) is 0 Å². The molecule has 5 heteroatoms. The van der Waals surface area contributed by atoms with Crippen molar-refractivity contribution in [3.63, 3.8) is 0 Å². The largest absolute Gasteiger partial charge is 0.462 e. The molecule has 0 bridgehead atoms. The maximum atomic E-state index is 12.6. The molecule has 0 fully saturated rings. The smallest absolute Gasteiger partial charge is 0.338 e. The first-order chi connectivity index (χ1) is 16.1. The molecule has 1 heterocycles. The van der Waals surface area contributed by atoms with Crippen molar-refractivity contribution in [1.82, 2.24) is 9.36 Å². The van der Waals surface area contributed by atoms with Gasteiger partial charge in [0, 0.05) is 18.8 Å². The van der Waals surface area contributed by atoms with Crippen LogP contribution in [0.2, 0.25) is 0 Å². The van der Waals surface area contributed by atoms with Gasteiger partial charge in [-0.2, -0.15) is 0 Å². The lowest BCUT2D eigenvalue weighted by atomic mass is 10.0. The first-order valence-corrected chi connectivity index (χ1v) is 13.1. The molecule has 184 valence electrons. The van der Waals surface area contributed by atoms with Crippen LogP contribution in [0.25, 0.3) is 5.69 Å². The lowest BCUT2D eigenvalue weighted by Crippen LogP contribution is -2.19. The fraction of sp³-hybridized carbons (Fsp3) is 0.643. The van der Waals surface area contributed by atoms with Crippen LogP contribution in [0.3, 0.4) is 0 Å². The Kier molecular flexibility index (Phi) is 12.7. The standard InChI is InChI=1S/C28H44N2O3/c1-4-6-7-8-9-10-11-12-13-14-15-16-17-18-26-23-27(31)30(29(26)3)25-21-19-24(20-22-25)28(32)33-5-2/h19-23H,4-18H2,1-3H3. The third kappa shape index (κ3) is 9.23. The van der Waals surface area contributed by atoms with Gasteiger partial charge in [-0.15, -0.1) is 0 Å². The molecule has 0 saturated carbocycles. The Labute approximate surface area is 200 Å². The molecule has 1 aromatic carbocycles. The van der Waals surface area contributed by atoms with Gasteiger partial charge in [-0.3, -0.25) is 9.48 Å². The number of carbonyl (C=O) groups is 1. The van der Waals surface area contributed by atoms with Crippen molar-refractivity contribution in [1.29, 1.82) is 0 Å². The Morgan fingerprint density at radius 2 is 1.30 bits per heavy atom. The number of hydrogen-bond acceptors (Lipinski definition) is 3. The van der Waals surface area contributed by atoms with Crippen LogP contribution in [0, 0.1) is 0 Å². The van der Waals surface area contributed by atoms with Gasteiger partial charge in [-0.1, -0.05) is 84.0 Å². The molecule has 0 saturated heterocycles. The average molecular weight is 457 g/mol. The number of benzene rings is 1.